The molecule has 0 saturated heterocycles. The number of nitrogens with zero attached hydrogens (tertiary/aromatic N) is 1. The molecule has 0 saturated carbocycles. The van der Waals surface area contributed by atoms with Gasteiger partial charge in [0, 0.05) is 6.04 Å². The Labute approximate surface area is 134 Å². The van der Waals surface area contributed by atoms with E-state index >= 15 is 0 Å². The largest absolute Gasteiger partial charge is 0.480 e. The lowest BCUT2D eigenvalue weighted by Crippen LogP contribution is -2.46. The van der Waals surface area contributed by atoms with Crippen molar-refractivity contribution < 1.29 is 23.9 Å². The first-order valence-corrected chi connectivity index (χ1v) is 7.35. The number of carbonyl (C=O) groups excluding carboxylic acids is 2. The lowest BCUT2D eigenvalue weighted by Gasteiger charge is -2.27. The van der Waals surface area contributed by atoms with E-state index in [0.29, 0.717) is 12.0 Å². The van der Waals surface area contributed by atoms with E-state index < -0.39 is 30.1 Å². The van der Waals surface area contributed by atoms with Gasteiger partial charge in [-0.15, -0.1) is 0 Å². The van der Waals surface area contributed by atoms with Crippen LogP contribution in [0.2, 0.25) is 0 Å². The minimum atomic E-state index is -1.11. The number of halogens is 1. The maximum absolute atomic E-state index is 13.0. The highest BCUT2D eigenvalue weighted by Crippen LogP contribution is 2.05. The number of hydrogen-bond acceptors (Lipinski definition) is 3. The number of hydrogen-bond donors (Lipinski definition) is 2. The molecule has 0 radical (unpaired) electrons. The monoisotopic (exact) mass is 324 g/mol. The molecule has 0 aromatic heterocycles. The zero-order chi connectivity index (χ0) is 17.4. The molecular formula is C16H21FN2O4. The third kappa shape index (κ3) is 6.46. The van der Waals surface area contributed by atoms with Crippen LogP contribution in [0.4, 0.5) is 4.39 Å². The topological polar surface area (TPSA) is 86.7 Å². The Balaban J connectivity index is 2.55. The number of amides is 2. The second-order valence-electron chi connectivity index (χ2n) is 5.26. The van der Waals surface area contributed by atoms with Crippen LogP contribution in [-0.4, -0.2) is 46.9 Å². The lowest BCUT2D eigenvalue weighted by atomic mass is 10.1. The quantitative estimate of drug-likeness (QED) is 0.752. The average Bonchev–Trinajstić information content (AvgIpc) is 2.49. The van der Waals surface area contributed by atoms with Crippen LogP contribution in [-0.2, 0) is 20.8 Å². The van der Waals surface area contributed by atoms with E-state index in [1.165, 1.54) is 23.1 Å². The number of carbonyl (C=O) groups is 3. The van der Waals surface area contributed by atoms with Crippen molar-refractivity contribution in [2.24, 2.45) is 0 Å². The first-order valence-electron chi connectivity index (χ1n) is 7.35. The van der Waals surface area contributed by atoms with Crippen molar-refractivity contribution in [3.63, 3.8) is 0 Å². The number of benzene rings is 1. The number of aliphatic carboxylic acids is 1. The summed E-state index contributed by atoms with van der Waals surface area (Å²) >= 11 is 0. The molecule has 6 nitrogen and oxygen atoms in total. The van der Waals surface area contributed by atoms with E-state index in [-0.39, 0.29) is 19.0 Å². The Morgan fingerprint density at radius 2 is 2.04 bits per heavy atom. The maximum atomic E-state index is 13.0. The summed E-state index contributed by atoms with van der Waals surface area (Å²) in [5, 5.41) is 11.3. The van der Waals surface area contributed by atoms with Gasteiger partial charge in [-0.05, 0) is 31.0 Å². The fourth-order valence-electron chi connectivity index (χ4n) is 2.03. The molecule has 23 heavy (non-hydrogen) atoms. The van der Waals surface area contributed by atoms with Gasteiger partial charge in [-0.1, -0.05) is 19.1 Å². The summed E-state index contributed by atoms with van der Waals surface area (Å²) in [6.07, 6.45) is 0.559. The van der Waals surface area contributed by atoms with E-state index in [4.69, 9.17) is 5.11 Å². The highest BCUT2D eigenvalue weighted by molar-refractivity contribution is 5.87. The molecule has 0 spiro atoms. The molecule has 0 bridgehead atoms. The highest BCUT2D eigenvalue weighted by atomic mass is 19.1. The van der Waals surface area contributed by atoms with Crippen LogP contribution in [0, 0.1) is 5.82 Å². The van der Waals surface area contributed by atoms with Crippen LogP contribution in [0.3, 0.4) is 0 Å². The van der Waals surface area contributed by atoms with Gasteiger partial charge in [0.2, 0.25) is 11.8 Å². The number of carboxylic acid groups (broad SMARTS) is 1. The molecule has 0 aliphatic carbocycles. The summed E-state index contributed by atoms with van der Waals surface area (Å²) in [4.78, 5) is 35.9. The molecule has 1 unspecified atom stereocenters. The van der Waals surface area contributed by atoms with Gasteiger partial charge in [-0.3, -0.25) is 14.4 Å². The summed E-state index contributed by atoms with van der Waals surface area (Å²) in [7, 11) is 0. The molecule has 7 heteroatoms. The number of nitrogens with one attached hydrogen (secondary N) is 1. The van der Waals surface area contributed by atoms with Gasteiger partial charge >= 0.3 is 5.97 Å². The molecule has 0 aliphatic rings. The van der Waals surface area contributed by atoms with Gasteiger partial charge in [0.15, 0.2) is 0 Å². The second-order valence-corrected chi connectivity index (χ2v) is 5.26. The minimum Gasteiger partial charge on any atom is -0.480 e. The van der Waals surface area contributed by atoms with Crippen LogP contribution in [0.15, 0.2) is 24.3 Å². The number of rotatable bonds is 8. The van der Waals surface area contributed by atoms with Crippen molar-refractivity contribution in [2.75, 3.05) is 13.1 Å². The maximum Gasteiger partial charge on any atom is 0.323 e. The van der Waals surface area contributed by atoms with Crippen molar-refractivity contribution >= 4 is 17.8 Å². The van der Waals surface area contributed by atoms with E-state index in [1.54, 1.807) is 13.0 Å². The summed E-state index contributed by atoms with van der Waals surface area (Å²) in [6, 6.07) is 5.40. The Kier molecular flexibility index (Phi) is 7.18. The van der Waals surface area contributed by atoms with Crippen molar-refractivity contribution in [3.8, 4) is 0 Å². The molecule has 1 aromatic rings. The standard InChI is InChI=1S/C16H21FN2O4/c1-3-11(2)19(10-16(22)23)15(21)9-18-14(20)8-12-5-4-6-13(17)7-12/h4-7,11H,3,8-10H2,1-2H3,(H,18,20)(H,22,23). The first kappa shape index (κ1) is 18.6. The van der Waals surface area contributed by atoms with Crippen molar-refractivity contribution in [1.29, 1.82) is 0 Å². The van der Waals surface area contributed by atoms with Gasteiger partial charge in [-0.2, -0.15) is 0 Å². The molecule has 0 fully saturated rings. The van der Waals surface area contributed by atoms with Crippen LogP contribution >= 0.6 is 0 Å². The van der Waals surface area contributed by atoms with Gasteiger partial charge in [0.25, 0.3) is 0 Å². The van der Waals surface area contributed by atoms with Gasteiger partial charge in [0.05, 0.1) is 13.0 Å². The van der Waals surface area contributed by atoms with Gasteiger partial charge in [0.1, 0.15) is 12.4 Å². The van der Waals surface area contributed by atoms with E-state index in [0.717, 1.165) is 0 Å². The summed E-state index contributed by atoms with van der Waals surface area (Å²) in [5.41, 5.74) is 0.499. The van der Waals surface area contributed by atoms with Crippen LogP contribution in [0.25, 0.3) is 0 Å². The Morgan fingerprint density at radius 1 is 1.35 bits per heavy atom. The second kappa shape index (κ2) is 8.87. The zero-order valence-corrected chi connectivity index (χ0v) is 13.2. The minimum absolute atomic E-state index is 0.0483. The van der Waals surface area contributed by atoms with Crippen molar-refractivity contribution in [3.05, 3.63) is 35.6 Å². The average molecular weight is 324 g/mol. The first-order chi connectivity index (χ1) is 10.8. The smallest absolute Gasteiger partial charge is 0.323 e. The van der Waals surface area contributed by atoms with Crippen LogP contribution in [0.5, 0.6) is 0 Å². The van der Waals surface area contributed by atoms with E-state index in [9.17, 15) is 18.8 Å². The Hall–Kier alpha value is -2.44. The summed E-state index contributed by atoms with van der Waals surface area (Å²) in [5.74, 6) is -2.43. The molecule has 126 valence electrons. The highest BCUT2D eigenvalue weighted by Gasteiger charge is 2.21. The van der Waals surface area contributed by atoms with Gasteiger partial charge < -0.3 is 15.3 Å². The molecule has 2 amide bonds. The van der Waals surface area contributed by atoms with Crippen LogP contribution in [0.1, 0.15) is 25.8 Å². The molecule has 2 N–H and O–H groups in total. The molecule has 0 aliphatic heterocycles. The molecule has 1 atom stereocenters. The summed E-state index contributed by atoms with van der Waals surface area (Å²) in [6.45, 7) is 2.89. The third-order valence-electron chi connectivity index (χ3n) is 3.44. The predicted octanol–water partition coefficient (Wildman–Crippen LogP) is 1.20. The fourth-order valence-corrected chi connectivity index (χ4v) is 2.03. The SMILES string of the molecule is CCC(C)N(CC(=O)O)C(=O)CNC(=O)Cc1cccc(F)c1. The normalized spacial score (nSPS) is 11.6. The zero-order valence-electron chi connectivity index (χ0n) is 13.2. The summed E-state index contributed by atoms with van der Waals surface area (Å²) < 4.78 is 13.0. The van der Waals surface area contributed by atoms with Crippen molar-refractivity contribution in [1.82, 2.24) is 10.2 Å². The third-order valence-corrected chi connectivity index (χ3v) is 3.44. The van der Waals surface area contributed by atoms with Crippen LogP contribution < -0.4 is 5.32 Å². The van der Waals surface area contributed by atoms with Gasteiger partial charge in [-0.25, -0.2) is 4.39 Å². The van der Waals surface area contributed by atoms with E-state index in [2.05, 4.69) is 5.32 Å². The molecule has 1 aromatic carbocycles. The van der Waals surface area contributed by atoms with Crippen molar-refractivity contribution in [2.45, 2.75) is 32.7 Å². The molecule has 1 rings (SSSR count). The molecule has 0 heterocycles. The molecular weight excluding hydrogens is 303 g/mol. The Bertz CT molecular complexity index is 577. The Morgan fingerprint density at radius 3 is 2.61 bits per heavy atom. The lowest BCUT2D eigenvalue weighted by molar-refractivity contribution is -0.145. The van der Waals surface area contributed by atoms with E-state index in [1.807, 2.05) is 6.92 Å². The fraction of sp³-hybridized carbons (Fsp3) is 0.438. The predicted molar refractivity (Wildman–Crippen MR) is 82.2 cm³/mol. The number of carboxylic acids is 1.